The van der Waals surface area contributed by atoms with Crippen LogP contribution in [0.2, 0.25) is 0 Å². The zero-order valence-corrected chi connectivity index (χ0v) is 9.24. The Morgan fingerprint density at radius 3 is 2.62 bits per heavy atom. The first-order valence-corrected chi connectivity index (χ1v) is 6.50. The van der Waals surface area contributed by atoms with Crippen LogP contribution in [0.15, 0.2) is 0 Å². The molecule has 1 aliphatic heterocycles. The third-order valence-corrected chi connectivity index (χ3v) is 4.39. The lowest BCUT2D eigenvalue weighted by Crippen LogP contribution is -2.15. The average Bonchev–Trinajstić information content (AvgIpc) is 2.68. The predicted octanol–water partition coefficient (Wildman–Crippen LogP) is -0.721. The number of nitrogen functional groups attached to an aromatic ring is 2. The summed E-state index contributed by atoms with van der Waals surface area (Å²) in [5.41, 5.74) is 11.3. The molecule has 2 rings (SSSR count). The molecule has 1 aromatic heterocycles. The molecule has 0 aliphatic carbocycles. The number of anilines is 2. The second-order valence-corrected chi connectivity index (χ2v) is 5.99. The Labute approximate surface area is 92.6 Å². The second-order valence-electron chi connectivity index (χ2n) is 3.76. The van der Waals surface area contributed by atoms with Gasteiger partial charge >= 0.3 is 0 Å². The normalized spacial score (nSPS) is 23.1. The van der Waals surface area contributed by atoms with Crippen molar-refractivity contribution in [1.29, 1.82) is 5.26 Å². The smallest absolute Gasteiger partial charge is 0.165 e. The Kier molecular flexibility index (Phi) is 2.27. The number of hydrogen-bond acceptors (Lipinski definition) is 6. The molecule has 0 saturated carbocycles. The van der Waals surface area contributed by atoms with Gasteiger partial charge in [-0.05, 0) is 6.42 Å². The molecule has 2 heterocycles. The van der Waals surface area contributed by atoms with E-state index in [4.69, 9.17) is 16.7 Å². The van der Waals surface area contributed by atoms with Crippen LogP contribution in [0.5, 0.6) is 0 Å². The summed E-state index contributed by atoms with van der Waals surface area (Å²) >= 11 is 0. The van der Waals surface area contributed by atoms with E-state index in [0.29, 0.717) is 6.42 Å². The van der Waals surface area contributed by atoms with Crippen molar-refractivity contribution in [2.45, 2.75) is 12.5 Å². The van der Waals surface area contributed by atoms with Crippen molar-refractivity contribution in [1.82, 2.24) is 9.78 Å². The quantitative estimate of drug-likeness (QED) is 0.667. The van der Waals surface area contributed by atoms with Crippen molar-refractivity contribution in [3.8, 4) is 6.07 Å². The van der Waals surface area contributed by atoms with Gasteiger partial charge in [-0.25, -0.2) is 13.1 Å². The molecule has 16 heavy (non-hydrogen) atoms. The van der Waals surface area contributed by atoms with Gasteiger partial charge in [-0.3, -0.25) is 0 Å². The molecule has 1 unspecified atom stereocenters. The maximum atomic E-state index is 11.3. The van der Waals surface area contributed by atoms with E-state index < -0.39 is 9.84 Å². The summed E-state index contributed by atoms with van der Waals surface area (Å²) in [6.07, 6.45) is 0.457. The molecule has 1 saturated heterocycles. The van der Waals surface area contributed by atoms with Gasteiger partial charge in [-0.15, -0.1) is 0 Å². The molecule has 0 spiro atoms. The molecule has 0 aromatic carbocycles. The molecule has 1 atom stereocenters. The van der Waals surface area contributed by atoms with Crippen LogP contribution >= 0.6 is 0 Å². The number of sulfone groups is 1. The van der Waals surface area contributed by atoms with E-state index in [1.807, 2.05) is 6.07 Å². The van der Waals surface area contributed by atoms with Crippen LogP contribution in [0, 0.1) is 11.3 Å². The lowest BCUT2D eigenvalue weighted by atomic mass is 10.2. The molecule has 0 amide bonds. The number of rotatable bonds is 1. The molecule has 86 valence electrons. The minimum Gasteiger partial charge on any atom is -0.383 e. The van der Waals surface area contributed by atoms with Crippen LogP contribution in [-0.2, 0) is 9.84 Å². The van der Waals surface area contributed by atoms with Gasteiger partial charge < -0.3 is 11.5 Å². The van der Waals surface area contributed by atoms with E-state index in [0.717, 1.165) is 0 Å². The predicted molar refractivity (Wildman–Crippen MR) is 58.1 cm³/mol. The van der Waals surface area contributed by atoms with Crippen LogP contribution < -0.4 is 11.5 Å². The number of nitrogens with two attached hydrogens (primary N) is 2. The van der Waals surface area contributed by atoms with Gasteiger partial charge in [0, 0.05) is 0 Å². The molecule has 8 heteroatoms. The van der Waals surface area contributed by atoms with Gasteiger partial charge in [-0.2, -0.15) is 10.4 Å². The van der Waals surface area contributed by atoms with Crippen molar-refractivity contribution < 1.29 is 8.42 Å². The number of nitrogens with zero attached hydrogens (tertiary/aromatic N) is 3. The second kappa shape index (κ2) is 3.38. The Balaban J connectivity index is 2.41. The van der Waals surface area contributed by atoms with E-state index in [1.165, 1.54) is 4.68 Å². The molecule has 0 radical (unpaired) electrons. The van der Waals surface area contributed by atoms with Gasteiger partial charge in [-0.1, -0.05) is 0 Å². The number of nitriles is 1. The van der Waals surface area contributed by atoms with E-state index >= 15 is 0 Å². The summed E-state index contributed by atoms with van der Waals surface area (Å²) in [4.78, 5) is 0. The first-order valence-electron chi connectivity index (χ1n) is 4.68. The van der Waals surface area contributed by atoms with Gasteiger partial charge in [0.25, 0.3) is 0 Å². The molecule has 0 bridgehead atoms. The van der Waals surface area contributed by atoms with E-state index in [9.17, 15) is 8.42 Å². The standard InChI is InChI=1S/C8H11N5O2S/c9-3-6-7(10)12-13(8(6)11)5-1-2-16(14,15)4-5/h5H,1-2,4,11H2,(H2,10,12). The summed E-state index contributed by atoms with van der Waals surface area (Å²) in [6, 6.07) is 1.53. The van der Waals surface area contributed by atoms with Crippen LogP contribution in [0.3, 0.4) is 0 Å². The largest absolute Gasteiger partial charge is 0.383 e. The lowest BCUT2D eigenvalue weighted by molar-refractivity contribution is 0.508. The fourth-order valence-corrected chi connectivity index (χ4v) is 3.52. The number of aromatic nitrogens is 2. The van der Waals surface area contributed by atoms with Crippen molar-refractivity contribution in [3.63, 3.8) is 0 Å². The highest BCUT2D eigenvalue weighted by Gasteiger charge is 2.31. The van der Waals surface area contributed by atoms with Gasteiger partial charge in [0.05, 0.1) is 17.5 Å². The minimum atomic E-state index is -3.01. The van der Waals surface area contributed by atoms with Crippen molar-refractivity contribution in [2.75, 3.05) is 23.0 Å². The molecule has 1 aromatic rings. The highest BCUT2D eigenvalue weighted by atomic mass is 32.2. The summed E-state index contributed by atoms with van der Waals surface area (Å²) in [5.74, 6) is 0.313. The molecular formula is C8H11N5O2S. The summed E-state index contributed by atoms with van der Waals surface area (Å²) in [6.45, 7) is 0. The lowest BCUT2D eigenvalue weighted by Gasteiger charge is -2.09. The van der Waals surface area contributed by atoms with Crippen LogP contribution in [0.1, 0.15) is 18.0 Å². The topological polar surface area (TPSA) is 128 Å². The molecule has 1 fully saturated rings. The first kappa shape index (κ1) is 10.8. The maximum Gasteiger partial charge on any atom is 0.165 e. The first-order chi connectivity index (χ1) is 7.44. The zero-order chi connectivity index (χ0) is 11.9. The summed E-state index contributed by atoms with van der Waals surface area (Å²) in [5, 5.41) is 12.7. The molecule has 4 N–H and O–H groups in total. The fraction of sp³-hybridized carbons (Fsp3) is 0.500. The third kappa shape index (κ3) is 1.59. The van der Waals surface area contributed by atoms with Gasteiger partial charge in [0.1, 0.15) is 17.5 Å². The highest BCUT2D eigenvalue weighted by molar-refractivity contribution is 7.91. The van der Waals surface area contributed by atoms with Crippen LogP contribution in [-0.4, -0.2) is 29.7 Å². The Morgan fingerprint density at radius 2 is 2.19 bits per heavy atom. The SMILES string of the molecule is N#Cc1c(N)nn(C2CCS(=O)(=O)C2)c1N. The monoisotopic (exact) mass is 241 g/mol. The minimum absolute atomic E-state index is 0.00316. The highest BCUT2D eigenvalue weighted by Crippen LogP contribution is 2.28. The maximum absolute atomic E-state index is 11.3. The Bertz CT molecular complexity index is 568. The van der Waals surface area contributed by atoms with E-state index in [1.54, 1.807) is 0 Å². The molecule has 7 nitrogen and oxygen atoms in total. The fourth-order valence-electron chi connectivity index (χ4n) is 1.83. The van der Waals surface area contributed by atoms with E-state index in [2.05, 4.69) is 5.10 Å². The van der Waals surface area contributed by atoms with Crippen molar-refractivity contribution >= 4 is 21.5 Å². The third-order valence-electron chi connectivity index (χ3n) is 2.64. The van der Waals surface area contributed by atoms with Gasteiger partial charge in [0.15, 0.2) is 15.7 Å². The Morgan fingerprint density at radius 1 is 1.50 bits per heavy atom. The van der Waals surface area contributed by atoms with Crippen molar-refractivity contribution in [2.24, 2.45) is 0 Å². The van der Waals surface area contributed by atoms with Crippen LogP contribution in [0.4, 0.5) is 11.6 Å². The summed E-state index contributed by atoms with van der Waals surface area (Å²) < 4.78 is 24.0. The molecular weight excluding hydrogens is 230 g/mol. The summed E-state index contributed by atoms with van der Waals surface area (Å²) in [7, 11) is -3.01. The van der Waals surface area contributed by atoms with Gasteiger partial charge in [0.2, 0.25) is 0 Å². The average molecular weight is 241 g/mol. The van der Waals surface area contributed by atoms with E-state index in [-0.39, 0.29) is 34.7 Å². The number of hydrogen-bond donors (Lipinski definition) is 2. The Hall–Kier alpha value is -1.75. The van der Waals surface area contributed by atoms with Crippen LogP contribution in [0.25, 0.3) is 0 Å². The molecule has 1 aliphatic rings. The zero-order valence-electron chi connectivity index (χ0n) is 8.42. The van der Waals surface area contributed by atoms with Crippen molar-refractivity contribution in [3.05, 3.63) is 5.56 Å².